The number of rotatable bonds is 9. The molecule has 0 aliphatic rings. The van der Waals surface area contributed by atoms with Gasteiger partial charge in [-0.2, -0.15) is 0 Å². The molecule has 0 saturated carbocycles. The van der Waals surface area contributed by atoms with Gasteiger partial charge in [-0.1, -0.05) is 26.0 Å². The average Bonchev–Trinajstić information content (AvgIpc) is 2.27. The number of aliphatic hydroxyl groups excluding tert-OH is 1. The van der Waals surface area contributed by atoms with Crippen molar-refractivity contribution in [1.82, 2.24) is 0 Å². The Morgan fingerprint density at radius 1 is 1.20 bits per heavy atom. The summed E-state index contributed by atoms with van der Waals surface area (Å²) < 4.78 is 4.90. The Morgan fingerprint density at radius 3 is 2.25 bits per heavy atom. The molecule has 5 nitrogen and oxygen atoms in total. The molecule has 0 spiro atoms. The Balaban J connectivity index is 4.02. The SMILES string of the molecule is CC(O)CCOC(=O)C=CCC(C)(C)CC=CC(=O)O. The predicted molar refractivity (Wildman–Crippen MR) is 76.2 cm³/mol. The molecule has 0 aromatic carbocycles. The van der Waals surface area contributed by atoms with Crippen LogP contribution in [0.3, 0.4) is 0 Å². The number of aliphatic carboxylic acids is 1. The zero-order valence-electron chi connectivity index (χ0n) is 12.3. The second-order valence-corrected chi connectivity index (χ2v) is 5.52. The van der Waals surface area contributed by atoms with E-state index >= 15 is 0 Å². The molecule has 0 saturated heterocycles. The molecular weight excluding hydrogens is 260 g/mol. The van der Waals surface area contributed by atoms with Gasteiger partial charge in [-0.3, -0.25) is 0 Å². The Labute approximate surface area is 119 Å². The Bertz CT molecular complexity index is 366. The molecule has 0 aromatic heterocycles. The molecule has 20 heavy (non-hydrogen) atoms. The highest BCUT2D eigenvalue weighted by Gasteiger charge is 2.14. The highest BCUT2D eigenvalue weighted by atomic mass is 16.5. The third-order valence-corrected chi connectivity index (χ3v) is 2.64. The van der Waals surface area contributed by atoms with Crippen molar-refractivity contribution in [3.63, 3.8) is 0 Å². The zero-order chi connectivity index (χ0) is 15.6. The van der Waals surface area contributed by atoms with Crippen LogP contribution in [-0.4, -0.2) is 34.9 Å². The first-order valence-electron chi connectivity index (χ1n) is 6.64. The summed E-state index contributed by atoms with van der Waals surface area (Å²) in [4.78, 5) is 21.7. The smallest absolute Gasteiger partial charge is 0.330 e. The van der Waals surface area contributed by atoms with E-state index in [0.717, 1.165) is 6.08 Å². The predicted octanol–water partition coefficient (Wildman–Crippen LogP) is 2.30. The van der Waals surface area contributed by atoms with E-state index in [1.165, 1.54) is 6.08 Å². The highest BCUT2D eigenvalue weighted by molar-refractivity contribution is 5.81. The molecule has 0 aromatic rings. The van der Waals surface area contributed by atoms with Gasteiger partial charge >= 0.3 is 11.9 Å². The number of ether oxygens (including phenoxy) is 1. The number of hydrogen-bond donors (Lipinski definition) is 2. The van der Waals surface area contributed by atoms with Crippen LogP contribution in [0.25, 0.3) is 0 Å². The summed E-state index contributed by atoms with van der Waals surface area (Å²) in [6.45, 7) is 5.81. The third kappa shape index (κ3) is 11.5. The summed E-state index contributed by atoms with van der Waals surface area (Å²) in [5.74, 6) is -1.39. The summed E-state index contributed by atoms with van der Waals surface area (Å²) in [6, 6.07) is 0. The number of carbonyl (C=O) groups is 2. The minimum Gasteiger partial charge on any atom is -0.478 e. The fourth-order valence-electron chi connectivity index (χ4n) is 1.41. The minimum absolute atomic E-state index is 0.123. The van der Waals surface area contributed by atoms with E-state index in [1.54, 1.807) is 19.1 Å². The van der Waals surface area contributed by atoms with Gasteiger partial charge in [0.15, 0.2) is 0 Å². The van der Waals surface area contributed by atoms with Crippen LogP contribution in [-0.2, 0) is 14.3 Å². The molecule has 0 aliphatic carbocycles. The van der Waals surface area contributed by atoms with E-state index < -0.39 is 18.0 Å². The number of carbonyl (C=O) groups excluding carboxylic acids is 1. The summed E-state index contributed by atoms with van der Waals surface area (Å²) in [5, 5.41) is 17.5. The molecule has 0 fully saturated rings. The molecule has 0 rings (SSSR count). The van der Waals surface area contributed by atoms with Gasteiger partial charge in [0.2, 0.25) is 0 Å². The van der Waals surface area contributed by atoms with Crippen LogP contribution in [0.2, 0.25) is 0 Å². The number of hydrogen-bond acceptors (Lipinski definition) is 4. The molecule has 0 amide bonds. The molecule has 114 valence electrons. The lowest BCUT2D eigenvalue weighted by molar-refractivity contribution is -0.138. The molecule has 1 unspecified atom stereocenters. The zero-order valence-corrected chi connectivity index (χ0v) is 12.3. The van der Waals surface area contributed by atoms with E-state index in [4.69, 9.17) is 14.9 Å². The molecule has 0 heterocycles. The molecule has 2 N–H and O–H groups in total. The van der Waals surface area contributed by atoms with Gasteiger partial charge in [0.05, 0.1) is 12.7 Å². The maximum Gasteiger partial charge on any atom is 0.330 e. The van der Waals surface area contributed by atoms with Gasteiger partial charge in [0.25, 0.3) is 0 Å². The van der Waals surface area contributed by atoms with Crippen molar-refractivity contribution in [3.8, 4) is 0 Å². The maximum absolute atomic E-state index is 11.3. The Kier molecular flexibility index (Phi) is 8.56. The van der Waals surface area contributed by atoms with E-state index in [2.05, 4.69) is 0 Å². The lowest BCUT2D eigenvalue weighted by atomic mass is 9.85. The summed E-state index contributed by atoms with van der Waals surface area (Å²) >= 11 is 0. The van der Waals surface area contributed by atoms with E-state index in [0.29, 0.717) is 19.3 Å². The molecule has 1 atom stereocenters. The summed E-state index contributed by atoms with van der Waals surface area (Å²) in [5.41, 5.74) is -0.123. The maximum atomic E-state index is 11.3. The van der Waals surface area contributed by atoms with Gasteiger partial charge in [-0.15, -0.1) is 0 Å². The first-order valence-corrected chi connectivity index (χ1v) is 6.64. The van der Waals surface area contributed by atoms with Crippen molar-refractivity contribution in [2.24, 2.45) is 5.41 Å². The first-order chi connectivity index (χ1) is 9.23. The number of aliphatic hydroxyl groups is 1. The number of carboxylic acid groups (broad SMARTS) is 1. The van der Waals surface area contributed by atoms with E-state index in [9.17, 15) is 9.59 Å². The van der Waals surface area contributed by atoms with Crippen LogP contribution in [0.5, 0.6) is 0 Å². The van der Waals surface area contributed by atoms with Crippen molar-refractivity contribution in [2.75, 3.05) is 6.61 Å². The van der Waals surface area contributed by atoms with Crippen molar-refractivity contribution in [3.05, 3.63) is 24.3 Å². The summed E-state index contributed by atoms with van der Waals surface area (Å²) in [7, 11) is 0. The van der Waals surface area contributed by atoms with Crippen molar-refractivity contribution in [1.29, 1.82) is 0 Å². The van der Waals surface area contributed by atoms with Gasteiger partial charge < -0.3 is 14.9 Å². The Morgan fingerprint density at radius 2 is 1.75 bits per heavy atom. The number of esters is 1. The third-order valence-electron chi connectivity index (χ3n) is 2.64. The second-order valence-electron chi connectivity index (χ2n) is 5.52. The van der Waals surface area contributed by atoms with Crippen LogP contribution in [0.15, 0.2) is 24.3 Å². The fourth-order valence-corrected chi connectivity index (χ4v) is 1.41. The Hall–Kier alpha value is -1.62. The van der Waals surface area contributed by atoms with Gasteiger partial charge in [0.1, 0.15) is 0 Å². The van der Waals surface area contributed by atoms with Crippen LogP contribution >= 0.6 is 0 Å². The molecule has 0 aliphatic heterocycles. The van der Waals surface area contributed by atoms with Crippen LogP contribution < -0.4 is 0 Å². The normalized spacial score (nSPS) is 13.8. The molecule has 5 heteroatoms. The first kappa shape index (κ1) is 18.4. The lowest BCUT2D eigenvalue weighted by Crippen LogP contribution is -2.10. The topological polar surface area (TPSA) is 83.8 Å². The van der Waals surface area contributed by atoms with Gasteiger partial charge in [0, 0.05) is 18.6 Å². The van der Waals surface area contributed by atoms with E-state index in [-0.39, 0.29) is 12.0 Å². The average molecular weight is 284 g/mol. The number of allylic oxidation sites excluding steroid dienone is 2. The van der Waals surface area contributed by atoms with Crippen LogP contribution in [0.1, 0.15) is 40.0 Å². The fraction of sp³-hybridized carbons (Fsp3) is 0.600. The monoisotopic (exact) mass is 284 g/mol. The standard InChI is InChI=1S/C15H24O5/c1-12(16)8-11-20-14(19)7-5-10-15(2,3)9-4-6-13(17)18/h4-7,12,16H,8-11H2,1-3H3,(H,17,18). The van der Waals surface area contributed by atoms with Gasteiger partial charge in [-0.05, 0) is 25.2 Å². The lowest BCUT2D eigenvalue weighted by Gasteiger charge is -2.20. The molecule has 0 bridgehead atoms. The summed E-state index contributed by atoms with van der Waals surface area (Å²) in [6.07, 6.45) is 7.01. The van der Waals surface area contributed by atoms with Gasteiger partial charge in [-0.25, -0.2) is 9.59 Å². The largest absolute Gasteiger partial charge is 0.478 e. The minimum atomic E-state index is -0.960. The quantitative estimate of drug-likeness (QED) is 0.501. The van der Waals surface area contributed by atoms with Crippen LogP contribution in [0.4, 0.5) is 0 Å². The van der Waals surface area contributed by atoms with E-state index in [1.807, 2.05) is 13.8 Å². The second kappa shape index (κ2) is 9.31. The highest BCUT2D eigenvalue weighted by Crippen LogP contribution is 2.25. The number of carboxylic acids is 1. The van der Waals surface area contributed by atoms with Crippen molar-refractivity contribution < 1.29 is 24.5 Å². The van der Waals surface area contributed by atoms with Crippen LogP contribution in [0, 0.1) is 5.41 Å². The van der Waals surface area contributed by atoms with Crippen molar-refractivity contribution in [2.45, 2.75) is 46.1 Å². The molecular formula is C15H24O5. The van der Waals surface area contributed by atoms with Crippen molar-refractivity contribution >= 4 is 11.9 Å². The molecule has 0 radical (unpaired) electrons.